The summed E-state index contributed by atoms with van der Waals surface area (Å²) in [6, 6.07) is 28.1. The van der Waals surface area contributed by atoms with Crippen LogP contribution in [-0.4, -0.2) is 90.6 Å². The van der Waals surface area contributed by atoms with E-state index in [1.165, 1.54) is 44.0 Å². The van der Waals surface area contributed by atoms with Crippen molar-refractivity contribution in [3.63, 3.8) is 0 Å². The zero-order valence-electron chi connectivity index (χ0n) is 53.7. The van der Waals surface area contributed by atoms with Gasteiger partial charge in [-0.15, -0.1) is 0 Å². The summed E-state index contributed by atoms with van der Waals surface area (Å²) in [5.41, 5.74) is 3.72. The highest BCUT2D eigenvalue weighted by Crippen LogP contribution is 2.46. The molecule has 0 aliphatic heterocycles. The third-order valence-electron chi connectivity index (χ3n) is 17.0. The van der Waals surface area contributed by atoms with Gasteiger partial charge in [0.15, 0.2) is 16.8 Å². The van der Waals surface area contributed by atoms with Crippen molar-refractivity contribution in [3.05, 3.63) is 296 Å². The van der Waals surface area contributed by atoms with E-state index in [1.807, 2.05) is 52.8 Å². The summed E-state index contributed by atoms with van der Waals surface area (Å²) in [4.78, 5) is 79.1. The standard InChI is InChI=1S/C24H20ClN5O3.C24H19F2N5O3.C23H18ClN5O3/c1-12-4-6-19(26-10-12)24(32,20-7-5-16(25)11-27-20)17-8-15(21-13(2)30-33-14(21)3)9-18-22(17)29-23(31)28-18;1-11-6-16(25)21(17(26)7-11)24(33,19-10-27-4-5-28-19)15-8-14(20-12(2)31-34-13(20)3)9-18-22(15)30-23(32)29-18;1-12-20(13(2)32-29-12)14-9-16(21-17(10-14)27-22(30)28-21)23(31,18-5-3-4-8-25-18)19-7-6-15(24)11-26-19/h4-11,32H,1-3H3,(H2,28,29,31);4-10,33H,1-3H3,(H2,29,30,32);3-11,31H,1-2H3,(H2,27,28,30). The topological polar surface area (TPSA) is 362 Å². The summed E-state index contributed by atoms with van der Waals surface area (Å²) in [5.74, 6) is -0.204. The van der Waals surface area contributed by atoms with Gasteiger partial charge in [-0.05, 0) is 174 Å². The number of benzene rings is 4. The third kappa shape index (κ3) is 11.9. The van der Waals surface area contributed by atoms with Crippen molar-refractivity contribution in [2.24, 2.45) is 0 Å². The van der Waals surface area contributed by atoms with E-state index in [-0.39, 0.29) is 16.8 Å². The third-order valence-corrected chi connectivity index (χ3v) is 17.5. The molecule has 11 heterocycles. The van der Waals surface area contributed by atoms with Crippen molar-refractivity contribution in [1.29, 1.82) is 0 Å². The molecule has 9 N–H and O–H groups in total. The monoisotopic (exact) mass is 1370 g/mol. The first kappa shape index (κ1) is 66.0. The van der Waals surface area contributed by atoms with Crippen LogP contribution >= 0.6 is 23.2 Å². The molecule has 0 saturated carbocycles. The van der Waals surface area contributed by atoms with Crippen molar-refractivity contribution >= 4 is 56.3 Å². The summed E-state index contributed by atoms with van der Waals surface area (Å²) in [6.07, 6.45) is 10.1. The van der Waals surface area contributed by atoms with E-state index in [9.17, 15) is 29.7 Å². The van der Waals surface area contributed by atoms with Gasteiger partial charge in [-0.1, -0.05) is 50.8 Å². The molecule has 99 heavy (non-hydrogen) atoms. The van der Waals surface area contributed by atoms with Crippen LogP contribution < -0.4 is 17.1 Å². The molecular weight excluding hydrogens is 1320 g/mol. The molecule has 0 aliphatic rings. The number of nitrogens with zero attached hydrogens (tertiary/aromatic N) is 9. The molecule has 11 aromatic heterocycles. The smallest absolute Gasteiger partial charge is 0.323 e. The van der Waals surface area contributed by atoms with Gasteiger partial charge in [-0.2, -0.15) is 0 Å². The minimum Gasteiger partial charge on any atom is -0.374 e. The zero-order valence-corrected chi connectivity index (χ0v) is 55.2. The SMILES string of the molecule is Cc1cc(F)c(C(O)(c2cnccn2)c2cc(-c3c(C)noc3C)cc3[nH]c(=O)[nH]c23)c(F)c1.Cc1ccc(C(O)(c2ccc(Cl)cn2)c2cc(-c3c(C)noc3C)cc3[nH]c(=O)[nH]c23)nc1.Cc1noc(C)c1-c1cc(C(O)(c2ccccn2)c2ccc(Cl)cn2)c2[nH]c(=O)[nH]c2c1. The largest absolute Gasteiger partial charge is 0.374 e. The van der Waals surface area contributed by atoms with Gasteiger partial charge in [-0.25, -0.2) is 23.2 Å². The Hall–Kier alpha value is -11.7. The van der Waals surface area contributed by atoms with Gasteiger partial charge in [0.1, 0.15) is 28.9 Å². The number of rotatable bonds is 12. The Bertz CT molecular complexity index is 5620. The number of aromatic nitrogens is 15. The number of halogens is 4. The first-order valence-corrected chi connectivity index (χ1v) is 31.2. The van der Waals surface area contributed by atoms with Gasteiger partial charge >= 0.3 is 17.1 Å². The molecule has 0 amide bonds. The number of fused-ring (bicyclic) bond motifs is 3. The summed E-state index contributed by atoms with van der Waals surface area (Å²) in [6.45, 7) is 14.2. The van der Waals surface area contributed by atoms with Crippen molar-refractivity contribution in [3.8, 4) is 33.4 Å². The molecule has 3 atom stereocenters. The van der Waals surface area contributed by atoms with Gasteiger partial charge in [0.05, 0.1) is 100 Å². The maximum absolute atomic E-state index is 15.3. The van der Waals surface area contributed by atoms with E-state index in [0.717, 1.165) is 39.9 Å². The first-order chi connectivity index (χ1) is 47.3. The Kier molecular flexibility index (Phi) is 17.1. The number of pyridine rings is 4. The lowest BCUT2D eigenvalue weighted by Crippen LogP contribution is -2.33. The lowest BCUT2D eigenvalue weighted by molar-refractivity contribution is 0.112. The molecule has 0 aliphatic carbocycles. The lowest BCUT2D eigenvalue weighted by atomic mass is 9.80. The minimum atomic E-state index is -2.45. The number of aryl methyl sites for hydroxylation is 8. The van der Waals surface area contributed by atoms with Crippen LogP contribution in [0.4, 0.5) is 8.78 Å². The summed E-state index contributed by atoms with van der Waals surface area (Å²) in [5, 5.41) is 49.7. The maximum atomic E-state index is 15.3. The fraction of sp³-hybridized carbons (Fsp3) is 0.155. The van der Waals surface area contributed by atoms with Gasteiger partial charge in [0, 0.05) is 70.6 Å². The average Bonchev–Trinajstić information content (AvgIpc) is 1.66. The van der Waals surface area contributed by atoms with Crippen molar-refractivity contribution in [2.45, 2.75) is 72.2 Å². The molecular formula is C71H57Cl2F2N15O9. The van der Waals surface area contributed by atoms with Crippen LogP contribution in [0.1, 0.15) is 96.2 Å². The molecule has 28 heteroatoms. The molecule has 498 valence electrons. The van der Waals surface area contributed by atoms with Crippen LogP contribution in [0.15, 0.2) is 174 Å². The number of aliphatic hydroxyl groups is 3. The molecule has 0 saturated heterocycles. The highest BCUT2D eigenvalue weighted by Gasteiger charge is 2.44. The Balaban J connectivity index is 0.000000133. The van der Waals surface area contributed by atoms with E-state index in [2.05, 4.69) is 75.3 Å². The molecule has 0 fully saturated rings. The fourth-order valence-electron chi connectivity index (χ4n) is 12.6. The van der Waals surface area contributed by atoms with Crippen molar-refractivity contribution in [1.82, 2.24) is 75.3 Å². The van der Waals surface area contributed by atoms with Crippen LogP contribution in [0, 0.1) is 67.0 Å². The van der Waals surface area contributed by atoms with Crippen LogP contribution in [-0.2, 0) is 16.8 Å². The zero-order chi connectivity index (χ0) is 70.0. The summed E-state index contributed by atoms with van der Waals surface area (Å²) < 4.78 is 46.6. The molecule has 0 spiro atoms. The van der Waals surface area contributed by atoms with Gasteiger partial charge in [-0.3, -0.25) is 29.9 Å². The van der Waals surface area contributed by atoms with Crippen LogP contribution in [0.25, 0.3) is 66.5 Å². The van der Waals surface area contributed by atoms with E-state index in [1.54, 1.807) is 93.0 Å². The first-order valence-electron chi connectivity index (χ1n) is 30.4. The number of hydrogen-bond acceptors (Lipinski definition) is 18. The Morgan fingerprint density at radius 3 is 1.14 bits per heavy atom. The van der Waals surface area contributed by atoms with Gasteiger partial charge in [0.25, 0.3) is 0 Å². The quantitative estimate of drug-likeness (QED) is 0.0548. The molecule has 3 unspecified atom stereocenters. The highest BCUT2D eigenvalue weighted by molar-refractivity contribution is 6.30. The van der Waals surface area contributed by atoms with Crippen LogP contribution in [0.5, 0.6) is 0 Å². The summed E-state index contributed by atoms with van der Waals surface area (Å²) >= 11 is 12.1. The summed E-state index contributed by atoms with van der Waals surface area (Å²) in [7, 11) is 0. The van der Waals surface area contributed by atoms with Crippen molar-refractivity contribution < 1.29 is 37.7 Å². The molecule has 4 aromatic carbocycles. The second-order valence-electron chi connectivity index (χ2n) is 23.7. The minimum absolute atomic E-state index is 0.000466. The number of imidazole rings is 3. The predicted molar refractivity (Wildman–Crippen MR) is 363 cm³/mol. The highest BCUT2D eigenvalue weighted by atomic mass is 35.5. The average molecular weight is 1370 g/mol. The number of aromatic amines is 6. The molecule has 15 aromatic rings. The molecule has 15 rings (SSSR count). The molecule has 0 bridgehead atoms. The fourth-order valence-corrected chi connectivity index (χ4v) is 12.8. The normalized spacial score (nSPS) is 13.4. The second kappa shape index (κ2) is 25.7. The van der Waals surface area contributed by atoms with Crippen LogP contribution in [0.3, 0.4) is 0 Å². The number of H-pyrrole nitrogens is 6. The van der Waals surface area contributed by atoms with E-state index in [0.29, 0.717) is 123 Å². The maximum Gasteiger partial charge on any atom is 0.323 e. The predicted octanol–water partition coefficient (Wildman–Crippen LogP) is 11.8. The number of nitrogens with one attached hydrogen (secondary N) is 6. The Morgan fingerprint density at radius 1 is 0.404 bits per heavy atom. The number of hydrogen-bond donors (Lipinski definition) is 9. The Labute approximate surface area is 567 Å². The van der Waals surface area contributed by atoms with Crippen LogP contribution in [0.2, 0.25) is 10.0 Å². The van der Waals surface area contributed by atoms with Gasteiger partial charge in [0.2, 0.25) is 0 Å². The molecule has 0 radical (unpaired) electrons. The van der Waals surface area contributed by atoms with Gasteiger partial charge < -0.3 is 58.8 Å². The Morgan fingerprint density at radius 2 is 0.798 bits per heavy atom. The molecule has 24 nitrogen and oxygen atoms in total. The van der Waals surface area contributed by atoms with E-state index >= 15 is 8.78 Å². The lowest BCUT2D eigenvalue weighted by Gasteiger charge is -2.30. The van der Waals surface area contributed by atoms with E-state index in [4.69, 9.17) is 36.8 Å². The van der Waals surface area contributed by atoms with Crippen molar-refractivity contribution in [2.75, 3.05) is 0 Å². The van der Waals surface area contributed by atoms with E-state index < -0.39 is 51.1 Å². The second-order valence-corrected chi connectivity index (χ2v) is 24.5.